The van der Waals surface area contributed by atoms with Crippen LogP contribution in [-0.2, 0) is 17.8 Å². The highest BCUT2D eigenvalue weighted by molar-refractivity contribution is 7.13. The number of methoxy groups -OCH3 is 1. The second-order valence-corrected chi connectivity index (χ2v) is 3.73. The zero-order valence-corrected chi connectivity index (χ0v) is 8.98. The minimum absolute atomic E-state index is 0.311. The molecule has 78 valence electrons. The number of hydrazine groups is 1. The van der Waals surface area contributed by atoms with Gasteiger partial charge in [-0.15, -0.1) is 11.3 Å². The van der Waals surface area contributed by atoms with Crippen molar-refractivity contribution in [2.24, 2.45) is 5.84 Å². The number of nitrogens with zero attached hydrogens (tertiary/aromatic N) is 1. The first-order chi connectivity index (χ1) is 6.72. The number of carbonyl (C=O) groups is 1. The van der Waals surface area contributed by atoms with Gasteiger partial charge in [0.1, 0.15) is 4.88 Å². The van der Waals surface area contributed by atoms with Gasteiger partial charge < -0.3 is 4.74 Å². The molecule has 3 N–H and O–H groups in total. The van der Waals surface area contributed by atoms with E-state index in [1.165, 1.54) is 11.3 Å². The van der Waals surface area contributed by atoms with Crippen molar-refractivity contribution in [1.29, 1.82) is 0 Å². The molecule has 0 aliphatic carbocycles. The standard InChI is InChI=1S/C8H13N3O2S/c1-3-6-10-5(4-13-2)7(14-6)8(12)11-9/h3-4,9H2,1-2H3,(H,11,12). The first kappa shape index (κ1) is 11.1. The first-order valence-electron chi connectivity index (χ1n) is 4.21. The maximum Gasteiger partial charge on any atom is 0.277 e. The van der Waals surface area contributed by atoms with E-state index < -0.39 is 0 Å². The zero-order valence-electron chi connectivity index (χ0n) is 8.16. The van der Waals surface area contributed by atoms with Gasteiger partial charge in [-0.05, 0) is 6.42 Å². The number of carbonyl (C=O) groups excluding carboxylic acids is 1. The summed E-state index contributed by atoms with van der Waals surface area (Å²) in [6, 6.07) is 0. The molecule has 1 heterocycles. The lowest BCUT2D eigenvalue weighted by Crippen LogP contribution is -2.30. The van der Waals surface area contributed by atoms with Crippen LogP contribution in [0.5, 0.6) is 0 Å². The maximum atomic E-state index is 11.3. The average Bonchev–Trinajstić information content (AvgIpc) is 2.61. The number of aromatic nitrogens is 1. The van der Waals surface area contributed by atoms with Crippen LogP contribution in [0.3, 0.4) is 0 Å². The molecule has 0 saturated carbocycles. The first-order valence-corrected chi connectivity index (χ1v) is 5.03. The van der Waals surface area contributed by atoms with Crippen LogP contribution in [-0.4, -0.2) is 18.0 Å². The molecule has 0 unspecified atom stereocenters. The number of thiazole rings is 1. The van der Waals surface area contributed by atoms with Crippen molar-refractivity contribution in [2.45, 2.75) is 20.0 Å². The summed E-state index contributed by atoms with van der Waals surface area (Å²) in [5.74, 6) is 4.75. The number of ether oxygens (including phenoxy) is 1. The molecule has 0 saturated heterocycles. The molecule has 1 amide bonds. The van der Waals surface area contributed by atoms with Gasteiger partial charge in [0.05, 0.1) is 17.3 Å². The van der Waals surface area contributed by atoms with Gasteiger partial charge in [-0.2, -0.15) is 0 Å². The molecule has 0 radical (unpaired) electrons. The van der Waals surface area contributed by atoms with E-state index in [9.17, 15) is 4.79 Å². The van der Waals surface area contributed by atoms with E-state index in [1.807, 2.05) is 6.92 Å². The molecule has 1 aromatic heterocycles. The fraction of sp³-hybridized carbons (Fsp3) is 0.500. The third-order valence-electron chi connectivity index (χ3n) is 1.66. The second-order valence-electron chi connectivity index (χ2n) is 2.64. The Morgan fingerprint density at radius 2 is 2.43 bits per heavy atom. The number of hydrogen-bond acceptors (Lipinski definition) is 5. The number of hydrogen-bond donors (Lipinski definition) is 2. The van der Waals surface area contributed by atoms with Gasteiger partial charge in [-0.1, -0.05) is 6.92 Å². The summed E-state index contributed by atoms with van der Waals surface area (Å²) in [5, 5.41) is 0.913. The highest BCUT2D eigenvalue weighted by atomic mass is 32.1. The third-order valence-corrected chi connectivity index (χ3v) is 2.90. The van der Waals surface area contributed by atoms with Crippen molar-refractivity contribution in [3.8, 4) is 0 Å². The summed E-state index contributed by atoms with van der Waals surface area (Å²) in [4.78, 5) is 16.1. The van der Waals surface area contributed by atoms with E-state index in [0.29, 0.717) is 17.2 Å². The molecule has 1 rings (SSSR count). The molecule has 0 aliphatic heterocycles. The van der Waals surface area contributed by atoms with Crippen LogP contribution in [0.25, 0.3) is 0 Å². The van der Waals surface area contributed by atoms with Crippen LogP contribution in [0.15, 0.2) is 0 Å². The Morgan fingerprint density at radius 1 is 1.71 bits per heavy atom. The zero-order chi connectivity index (χ0) is 10.6. The Labute approximate surface area is 86.3 Å². The van der Waals surface area contributed by atoms with Crippen LogP contribution in [0.2, 0.25) is 0 Å². The molecule has 0 fully saturated rings. The smallest absolute Gasteiger partial charge is 0.277 e. The molecule has 0 bridgehead atoms. The maximum absolute atomic E-state index is 11.3. The Balaban J connectivity index is 2.99. The van der Waals surface area contributed by atoms with Crippen LogP contribution in [0.4, 0.5) is 0 Å². The third kappa shape index (κ3) is 2.28. The van der Waals surface area contributed by atoms with E-state index in [2.05, 4.69) is 10.4 Å². The van der Waals surface area contributed by atoms with Crippen molar-refractivity contribution in [3.63, 3.8) is 0 Å². The quantitative estimate of drug-likeness (QED) is 0.434. The normalized spacial score (nSPS) is 10.2. The minimum atomic E-state index is -0.311. The van der Waals surface area contributed by atoms with Crippen molar-refractivity contribution in [2.75, 3.05) is 7.11 Å². The molecule has 1 aromatic rings. The predicted octanol–water partition coefficient (Wildman–Crippen LogP) is 0.455. The van der Waals surface area contributed by atoms with Crippen molar-refractivity contribution in [3.05, 3.63) is 15.6 Å². The SMILES string of the molecule is CCc1nc(COC)c(C(=O)NN)s1. The van der Waals surface area contributed by atoms with Gasteiger partial charge >= 0.3 is 0 Å². The summed E-state index contributed by atoms with van der Waals surface area (Å²) < 4.78 is 4.94. The Hall–Kier alpha value is -0.980. The van der Waals surface area contributed by atoms with Gasteiger partial charge in [-0.3, -0.25) is 10.2 Å². The monoisotopic (exact) mass is 215 g/mol. The lowest BCUT2D eigenvalue weighted by Gasteiger charge is -1.98. The van der Waals surface area contributed by atoms with Crippen LogP contribution in [0, 0.1) is 0 Å². The van der Waals surface area contributed by atoms with Gasteiger partial charge in [0.25, 0.3) is 5.91 Å². The molecule has 5 nitrogen and oxygen atoms in total. The molecule has 0 spiro atoms. The highest BCUT2D eigenvalue weighted by Crippen LogP contribution is 2.19. The number of nitrogens with two attached hydrogens (primary N) is 1. The lowest BCUT2D eigenvalue weighted by atomic mass is 10.3. The predicted molar refractivity (Wildman–Crippen MR) is 53.9 cm³/mol. The molecular weight excluding hydrogens is 202 g/mol. The van der Waals surface area contributed by atoms with Gasteiger partial charge in [0.2, 0.25) is 0 Å². The molecular formula is C8H13N3O2S. The topological polar surface area (TPSA) is 77.2 Å². The number of amides is 1. The minimum Gasteiger partial charge on any atom is -0.378 e. The summed E-state index contributed by atoms with van der Waals surface area (Å²) in [5.41, 5.74) is 2.74. The molecule has 0 aliphatic rings. The lowest BCUT2D eigenvalue weighted by molar-refractivity contribution is 0.0952. The Bertz CT molecular complexity index is 324. The molecule has 0 aromatic carbocycles. The van der Waals surface area contributed by atoms with Gasteiger partial charge in [0, 0.05) is 7.11 Å². The van der Waals surface area contributed by atoms with E-state index in [0.717, 1.165) is 11.4 Å². The van der Waals surface area contributed by atoms with Crippen LogP contribution >= 0.6 is 11.3 Å². The van der Waals surface area contributed by atoms with Crippen LogP contribution < -0.4 is 11.3 Å². The van der Waals surface area contributed by atoms with E-state index in [-0.39, 0.29) is 5.91 Å². The molecule has 6 heteroatoms. The largest absolute Gasteiger partial charge is 0.378 e. The Morgan fingerprint density at radius 3 is 2.93 bits per heavy atom. The van der Waals surface area contributed by atoms with Crippen LogP contribution in [0.1, 0.15) is 27.3 Å². The second kappa shape index (κ2) is 5.04. The Kier molecular flexibility index (Phi) is 3.99. The summed E-state index contributed by atoms with van der Waals surface area (Å²) in [6.07, 6.45) is 0.805. The van der Waals surface area contributed by atoms with Gasteiger partial charge in [0.15, 0.2) is 0 Å². The fourth-order valence-electron chi connectivity index (χ4n) is 1.03. The number of aryl methyl sites for hydroxylation is 1. The van der Waals surface area contributed by atoms with E-state index >= 15 is 0 Å². The average molecular weight is 215 g/mol. The highest BCUT2D eigenvalue weighted by Gasteiger charge is 2.16. The van der Waals surface area contributed by atoms with E-state index in [1.54, 1.807) is 7.11 Å². The van der Waals surface area contributed by atoms with Gasteiger partial charge in [-0.25, -0.2) is 10.8 Å². The summed E-state index contributed by atoms with van der Waals surface area (Å²) in [6.45, 7) is 2.32. The van der Waals surface area contributed by atoms with Crippen molar-refractivity contribution < 1.29 is 9.53 Å². The number of nitrogens with one attached hydrogen (secondary N) is 1. The number of rotatable bonds is 4. The fourth-order valence-corrected chi connectivity index (χ4v) is 1.94. The summed E-state index contributed by atoms with van der Waals surface area (Å²) >= 11 is 1.35. The number of nitrogen functional groups attached to an aromatic ring is 1. The van der Waals surface area contributed by atoms with Crippen molar-refractivity contribution in [1.82, 2.24) is 10.4 Å². The molecule has 14 heavy (non-hydrogen) atoms. The van der Waals surface area contributed by atoms with E-state index in [4.69, 9.17) is 10.6 Å². The summed E-state index contributed by atoms with van der Waals surface area (Å²) in [7, 11) is 1.56. The van der Waals surface area contributed by atoms with Crippen molar-refractivity contribution >= 4 is 17.2 Å². The molecule has 0 atom stereocenters.